The smallest absolute Gasteiger partial charge is 0.289 e. The average Bonchev–Trinajstić information content (AvgIpc) is 3.37. The van der Waals surface area contributed by atoms with Gasteiger partial charge in [0.25, 0.3) is 5.91 Å². The van der Waals surface area contributed by atoms with Crippen LogP contribution in [0.5, 0.6) is 0 Å². The molecule has 2 fully saturated rings. The Hall–Kier alpha value is -1.69. The molecule has 2 aromatic heterocycles. The van der Waals surface area contributed by atoms with Gasteiger partial charge in [0.05, 0.1) is 6.26 Å². The van der Waals surface area contributed by atoms with Crippen molar-refractivity contribution in [2.45, 2.75) is 50.9 Å². The van der Waals surface area contributed by atoms with Crippen LogP contribution >= 0.6 is 11.3 Å². The van der Waals surface area contributed by atoms with Crippen LogP contribution in [0, 0.1) is 5.92 Å². The maximum atomic E-state index is 12.3. The number of carbonyl (C=O) groups excluding carboxylic acids is 1. The number of furan rings is 1. The van der Waals surface area contributed by atoms with E-state index in [0.717, 1.165) is 43.3 Å². The van der Waals surface area contributed by atoms with E-state index in [-0.39, 0.29) is 5.91 Å². The Bertz CT molecular complexity index is 668. The fourth-order valence-corrected chi connectivity index (χ4v) is 4.99. The molecular weight excluding hydrogens is 322 g/mol. The first-order chi connectivity index (χ1) is 11.8. The van der Waals surface area contributed by atoms with Crippen molar-refractivity contribution in [3.05, 3.63) is 34.2 Å². The number of aromatic nitrogens is 2. The number of likely N-dealkylation sites (tertiary alicyclic amines) is 1. The van der Waals surface area contributed by atoms with E-state index in [1.165, 1.54) is 30.7 Å². The van der Waals surface area contributed by atoms with Crippen molar-refractivity contribution >= 4 is 17.2 Å². The Morgan fingerprint density at radius 2 is 2.00 bits per heavy atom. The summed E-state index contributed by atoms with van der Waals surface area (Å²) in [5.41, 5.74) is 0. The molecule has 0 atom stereocenters. The van der Waals surface area contributed by atoms with E-state index in [9.17, 15) is 4.79 Å². The van der Waals surface area contributed by atoms with Crippen molar-refractivity contribution < 1.29 is 9.21 Å². The van der Waals surface area contributed by atoms with Gasteiger partial charge in [0.15, 0.2) is 5.76 Å². The number of carbonyl (C=O) groups is 1. The second-order valence-electron chi connectivity index (χ2n) is 6.93. The highest BCUT2D eigenvalue weighted by Crippen LogP contribution is 2.33. The molecule has 1 saturated carbocycles. The zero-order valence-corrected chi connectivity index (χ0v) is 14.6. The van der Waals surface area contributed by atoms with E-state index < -0.39 is 0 Å². The molecule has 2 aliphatic rings. The first-order valence-corrected chi connectivity index (χ1v) is 9.76. The highest BCUT2D eigenvalue weighted by molar-refractivity contribution is 7.11. The third kappa shape index (κ3) is 3.38. The van der Waals surface area contributed by atoms with Crippen molar-refractivity contribution in [3.8, 4) is 0 Å². The van der Waals surface area contributed by atoms with Crippen LogP contribution in [0.25, 0.3) is 0 Å². The molecule has 2 aromatic rings. The topological polar surface area (TPSA) is 59.2 Å². The summed E-state index contributed by atoms with van der Waals surface area (Å²) in [7, 11) is 0. The lowest BCUT2D eigenvalue weighted by Gasteiger charge is -2.30. The van der Waals surface area contributed by atoms with Gasteiger partial charge in [0, 0.05) is 25.4 Å². The highest BCUT2D eigenvalue weighted by Gasteiger charge is 2.28. The van der Waals surface area contributed by atoms with Crippen molar-refractivity contribution in [1.82, 2.24) is 15.1 Å². The minimum absolute atomic E-state index is 0.00219. The average molecular weight is 345 g/mol. The SMILES string of the molecule is O=C(c1ccco1)N1CCC(c2nnc(CC3CCCC3)s2)CC1. The minimum atomic E-state index is -0.00219. The fraction of sp³-hybridized carbons (Fsp3) is 0.611. The molecule has 0 unspecified atom stereocenters. The lowest BCUT2D eigenvalue weighted by atomic mass is 9.97. The maximum absolute atomic E-state index is 12.3. The molecule has 1 aliphatic carbocycles. The Morgan fingerprint density at radius 3 is 2.71 bits per heavy atom. The molecule has 0 aromatic carbocycles. The van der Waals surface area contributed by atoms with Gasteiger partial charge in [0.1, 0.15) is 10.0 Å². The second-order valence-corrected chi connectivity index (χ2v) is 8.03. The molecule has 24 heavy (non-hydrogen) atoms. The summed E-state index contributed by atoms with van der Waals surface area (Å²) in [6.07, 6.45) is 10.0. The van der Waals surface area contributed by atoms with Gasteiger partial charge < -0.3 is 9.32 Å². The number of hydrogen-bond donors (Lipinski definition) is 0. The molecule has 1 saturated heterocycles. The van der Waals surface area contributed by atoms with Crippen LogP contribution in [-0.2, 0) is 6.42 Å². The van der Waals surface area contributed by atoms with Gasteiger partial charge in [-0.3, -0.25) is 4.79 Å². The molecule has 3 heterocycles. The largest absolute Gasteiger partial charge is 0.459 e. The summed E-state index contributed by atoms with van der Waals surface area (Å²) in [5, 5.41) is 11.2. The molecule has 4 rings (SSSR count). The summed E-state index contributed by atoms with van der Waals surface area (Å²) in [5.74, 6) is 1.69. The standard InChI is InChI=1S/C18H23N3O2S/c22-18(15-6-3-11-23-15)21-9-7-14(8-10-21)17-20-19-16(24-17)12-13-4-1-2-5-13/h3,6,11,13-14H,1-2,4-5,7-10,12H2. The molecule has 1 aliphatic heterocycles. The van der Waals surface area contributed by atoms with Crippen LogP contribution in [0.1, 0.15) is 65.0 Å². The van der Waals surface area contributed by atoms with Gasteiger partial charge in [-0.2, -0.15) is 0 Å². The van der Waals surface area contributed by atoms with Gasteiger partial charge in [0.2, 0.25) is 0 Å². The summed E-state index contributed by atoms with van der Waals surface area (Å²) in [4.78, 5) is 14.2. The zero-order chi connectivity index (χ0) is 16.4. The zero-order valence-electron chi connectivity index (χ0n) is 13.8. The predicted molar refractivity (Wildman–Crippen MR) is 92.2 cm³/mol. The number of piperidine rings is 1. The van der Waals surface area contributed by atoms with Crippen LogP contribution in [-0.4, -0.2) is 34.1 Å². The number of hydrogen-bond acceptors (Lipinski definition) is 5. The first kappa shape index (κ1) is 15.8. The third-order valence-corrected chi connectivity index (χ3v) is 6.39. The van der Waals surface area contributed by atoms with Crippen molar-refractivity contribution in [3.63, 3.8) is 0 Å². The normalized spacial score (nSPS) is 19.9. The molecule has 0 N–H and O–H groups in total. The maximum Gasteiger partial charge on any atom is 0.289 e. The van der Waals surface area contributed by atoms with Gasteiger partial charge in [-0.05, 0) is 30.9 Å². The first-order valence-electron chi connectivity index (χ1n) is 8.94. The summed E-state index contributed by atoms with van der Waals surface area (Å²) in [6, 6.07) is 3.49. The summed E-state index contributed by atoms with van der Waals surface area (Å²) in [6.45, 7) is 1.53. The molecular formula is C18H23N3O2S. The molecule has 1 amide bonds. The number of nitrogens with zero attached hydrogens (tertiary/aromatic N) is 3. The quantitative estimate of drug-likeness (QED) is 0.843. The monoisotopic (exact) mass is 345 g/mol. The number of amides is 1. The van der Waals surface area contributed by atoms with E-state index in [0.29, 0.717) is 11.7 Å². The van der Waals surface area contributed by atoms with E-state index in [1.807, 2.05) is 4.90 Å². The van der Waals surface area contributed by atoms with E-state index >= 15 is 0 Å². The van der Waals surface area contributed by atoms with Crippen LogP contribution in [0.15, 0.2) is 22.8 Å². The molecule has 0 spiro atoms. The second kappa shape index (κ2) is 7.05. The predicted octanol–water partition coefficient (Wildman–Crippen LogP) is 3.88. The van der Waals surface area contributed by atoms with Crippen molar-refractivity contribution in [2.24, 2.45) is 5.92 Å². The van der Waals surface area contributed by atoms with Crippen molar-refractivity contribution in [1.29, 1.82) is 0 Å². The Kier molecular flexibility index (Phi) is 4.65. The lowest BCUT2D eigenvalue weighted by molar-refractivity contribution is 0.0680. The lowest BCUT2D eigenvalue weighted by Crippen LogP contribution is -2.37. The van der Waals surface area contributed by atoms with E-state index in [4.69, 9.17) is 4.42 Å². The van der Waals surface area contributed by atoms with Crippen LogP contribution in [0.4, 0.5) is 0 Å². The Balaban J connectivity index is 1.32. The molecule has 5 nitrogen and oxygen atoms in total. The molecule has 6 heteroatoms. The summed E-state index contributed by atoms with van der Waals surface area (Å²) < 4.78 is 5.22. The van der Waals surface area contributed by atoms with E-state index in [2.05, 4.69) is 10.2 Å². The van der Waals surface area contributed by atoms with Gasteiger partial charge in [-0.25, -0.2) is 0 Å². The van der Waals surface area contributed by atoms with Crippen LogP contribution in [0.2, 0.25) is 0 Å². The van der Waals surface area contributed by atoms with Crippen molar-refractivity contribution in [2.75, 3.05) is 13.1 Å². The Morgan fingerprint density at radius 1 is 1.21 bits per heavy atom. The minimum Gasteiger partial charge on any atom is -0.459 e. The van der Waals surface area contributed by atoms with Gasteiger partial charge in [-0.1, -0.05) is 25.7 Å². The summed E-state index contributed by atoms with van der Waals surface area (Å²) >= 11 is 1.79. The van der Waals surface area contributed by atoms with Gasteiger partial charge >= 0.3 is 0 Å². The molecule has 0 bridgehead atoms. The van der Waals surface area contributed by atoms with E-state index in [1.54, 1.807) is 29.7 Å². The number of rotatable bonds is 4. The molecule has 128 valence electrons. The Labute approximate surface area is 146 Å². The van der Waals surface area contributed by atoms with Crippen LogP contribution < -0.4 is 0 Å². The van der Waals surface area contributed by atoms with Crippen LogP contribution in [0.3, 0.4) is 0 Å². The molecule has 0 radical (unpaired) electrons. The fourth-order valence-electron chi connectivity index (χ4n) is 3.86. The highest BCUT2D eigenvalue weighted by atomic mass is 32.1. The van der Waals surface area contributed by atoms with Gasteiger partial charge in [-0.15, -0.1) is 21.5 Å². The third-order valence-electron chi connectivity index (χ3n) is 5.28.